The molecule has 1 fully saturated rings. The Morgan fingerprint density at radius 3 is 2.41 bits per heavy atom. The van der Waals surface area contributed by atoms with Crippen molar-refractivity contribution in [2.24, 2.45) is 0 Å². The maximum atomic E-state index is 12.5. The number of morpholine rings is 1. The van der Waals surface area contributed by atoms with Crippen molar-refractivity contribution in [3.05, 3.63) is 65.7 Å². The fourth-order valence-electron chi connectivity index (χ4n) is 3.64. The molecule has 1 aliphatic rings. The molecule has 5 nitrogen and oxygen atoms in total. The standard InChI is InChI=1S/C24H32N2O3/c1-24(2,3)20-11-7-8-12-22(20)29-18-23(27)25-17-21(19-9-5-4-6-10-19)26-13-15-28-16-14-26/h4-12,21H,13-18H2,1-3H3,(H,25,27). The maximum Gasteiger partial charge on any atom is 0.258 e. The number of rotatable bonds is 7. The Bertz CT molecular complexity index is 780. The highest BCUT2D eigenvalue weighted by atomic mass is 16.5. The van der Waals surface area contributed by atoms with Crippen LogP contribution in [0.2, 0.25) is 0 Å². The summed E-state index contributed by atoms with van der Waals surface area (Å²) in [6, 6.07) is 18.4. The number of ether oxygens (including phenoxy) is 2. The highest BCUT2D eigenvalue weighted by molar-refractivity contribution is 5.77. The molecule has 1 atom stereocenters. The molecule has 5 heteroatoms. The number of hydrogen-bond donors (Lipinski definition) is 1. The molecule has 1 N–H and O–H groups in total. The molecule has 2 aromatic carbocycles. The van der Waals surface area contributed by atoms with Crippen LogP contribution >= 0.6 is 0 Å². The molecule has 3 rings (SSSR count). The van der Waals surface area contributed by atoms with Crippen LogP contribution in [0, 0.1) is 0 Å². The van der Waals surface area contributed by atoms with Crippen LogP contribution in [-0.2, 0) is 14.9 Å². The molecule has 1 aliphatic heterocycles. The van der Waals surface area contributed by atoms with E-state index in [0.29, 0.717) is 6.54 Å². The number of carbonyl (C=O) groups is 1. The Kier molecular flexibility index (Phi) is 7.29. The van der Waals surface area contributed by atoms with E-state index in [1.807, 2.05) is 36.4 Å². The van der Waals surface area contributed by atoms with E-state index < -0.39 is 0 Å². The van der Waals surface area contributed by atoms with Crippen molar-refractivity contribution < 1.29 is 14.3 Å². The van der Waals surface area contributed by atoms with Gasteiger partial charge in [0.2, 0.25) is 0 Å². The Labute approximate surface area is 174 Å². The molecule has 0 aliphatic carbocycles. The molecule has 0 radical (unpaired) electrons. The summed E-state index contributed by atoms with van der Waals surface area (Å²) < 4.78 is 11.4. The third-order valence-corrected chi connectivity index (χ3v) is 5.22. The monoisotopic (exact) mass is 396 g/mol. The molecule has 1 unspecified atom stereocenters. The predicted molar refractivity (Wildman–Crippen MR) is 115 cm³/mol. The van der Waals surface area contributed by atoms with Gasteiger partial charge in [-0.25, -0.2) is 0 Å². The van der Waals surface area contributed by atoms with Crippen molar-refractivity contribution in [2.45, 2.75) is 32.2 Å². The van der Waals surface area contributed by atoms with E-state index in [-0.39, 0.29) is 24.0 Å². The van der Waals surface area contributed by atoms with E-state index in [2.05, 4.69) is 49.2 Å². The third kappa shape index (κ3) is 6.05. The van der Waals surface area contributed by atoms with Crippen LogP contribution in [0.5, 0.6) is 5.75 Å². The smallest absolute Gasteiger partial charge is 0.258 e. The van der Waals surface area contributed by atoms with Crippen LogP contribution in [0.3, 0.4) is 0 Å². The average Bonchev–Trinajstić information content (AvgIpc) is 2.73. The van der Waals surface area contributed by atoms with E-state index in [4.69, 9.17) is 9.47 Å². The fraction of sp³-hybridized carbons (Fsp3) is 0.458. The summed E-state index contributed by atoms with van der Waals surface area (Å²) in [4.78, 5) is 14.9. The second kappa shape index (κ2) is 9.90. The van der Waals surface area contributed by atoms with E-state index in [9.17, 15) is 4.79 Å². The minimum absolute atomic E-state index is 0.0116. The summed E-state index contributed by atoms with van der Waals surface area (Å²) in [5.74, 6) is 0.658. The Morgan fingerprint density at radius 1 is 1.07 bits per heavy atom. The number of amides is 1. The molecule has 0 saturated carbocycles. The predicted octanol–water partition coefficient (Wildman–Crippen LogP) is 3.55. The fourth-order valence-corrected chi connectivity index (χ4v) is 3.64. The quantitative estimate of drug-likeness (QED) is 0.778. The topological polar surface area (TPSA) is 50.8 Å². The van der Waals surface area contributed by atoms with Crippen LogP contribution in [-0.4, -0.2) is 50.3 Å². The van der Waals surface area contributed by atoms with Gasteiger partial charge in [0.15, 0.2) is 6.61 Å². The summed E-state index contributed by atoms with van der Waals surface area (Å²) in [5.41, 5.74) is 2.26. The molecular formula is C24H32N2O3. The van der Waals surface area contributed by atoms with Gasteiger partial charge in [-0.3, -0.25) is 9.69 Å². The number of nitrogens with one attached hydrogen (secondary N) is 1. The van der Waals surface area contributed by atoms with E-state index in [1.54, 1.807) is 0 Å². The first-order valence-corrected chi connectivity index (χ1v) is 10.3. The van der Waals surface area contributed by atoms with Crippen molar-refractivity contribution >= 4 is 5.91 Å². The van der Waals surface area contributed by atoms with Gasteiger partial charge in [0.05, 0.1) is 19.3 Å². The molecular weight excluding hydrogens is 364 g/mol. The van der Waals surface area contributed by atoms with Crippen LogP contribution in [0.4, 0.5) is 0 Å². The maximum absolute atomic E-state index is 12.5. The number of hydrogen-bond acceptors (Lipinski definition) is 4. The van der Waals surface area contributed by atoms with Gasteiger partial charge in [-0.2, -0.15) is 0 Å². The first-order chi connectivity index (χ1) is 13.9. The molecule has 2 aromatic rings. The Balaban J connectivity index is 1.59. The molecule has 0 spiro atoms. The van der Waals surface area contributed by atoms with Crippen molar-refractivity contribution in [3.8, 4) is 5.75 Å². The van der Waals surface area contributed by atoms with Gasteiger partial charge in [-0.15, -0.1) is 0 Å². The first kappa shape index (κ1) is 21.3. The number of nitrogens with zero attached hydrogens (tertiary/aromatic N) is 1. The third-order valence-electron chi connectivity index (χ3n) is 5.22. The lowest BCUT2D eigenvalue weighted by molar-refractivity contribution is -0.123. The summed E-state index contributed by atoms with van der Waals surface area (Å²) in [6.45, 7) is 10.2. The zero-order chi connectivity index (χ0) is 20.7. The van der Waals surface area contributed by atoms with Crippen LogP contribution in [0.25, 0.3) is 0 Å². The molecule has 1 amide bonds. The van der Waals surface area contributed by atoms with Crippen LogP contribution in [0.15, 0.2) is 54.6 Å². The van der Waals surface area contributed by atoms with E-state index in [0.717, 1.165) is 37.6 Å². The van der Waals surface area contributed by atoms with Gasteiger partial charge in [0, 0.05) is 19.6 Å². The molecule has 29 heavy (non-hydrogen) atoms. The SMILES string of the molecule is CC(C)(C)c1ccccc1OCC(=O)NCC(c1ccccc1)N1CCOCC1. The van der Waals surface area contributed by atoms with Gasteiger partial charge in [0.25, 0.3) is 5.91 Å². The van der Waals surface area contributed by atoms with Crippen molar-refractivity contribution in [3.63, 3.8) is 0 Å². The molecule has 0 bridgehead atoms. The lowest BCUT2D eigenvalue weighted by Gasteiger charge is -2.35. The van der Waals surface area contributed by atoms with E-state index in [1.165, 1.54) is 5.56 Å². The lowest BCUT2D eigenvalue weighted by atomic mass is 9.86. The number of para-hydroxylation sites is 1. The summed E-state index contributed by atoms with van der Waals surface area (Å²) in [7, 11) is 0. The van der Waals surface area contributed by atoms with Gasteiger partial charge >= 0.3 is 0 Å². The van der Waals surface area contributed by atoms with Crippen molar-refractivity contribution in [1.82, 2.24) is 10.2 Å². The van der Waals surface area contributed by atoms with Gasteiger partial charge in [0.1, 0.15) is 5.75 Å². The minimum atomic E-state index is -0.108. The average molecular weight is 397 g/mol. The zero-order valence-corrected chi connectivity index (χ0v) is 17.7. The van der Waals surface area contributed by atoms with E-state index >= 15 is 0 Å². The molecule has 1 saturated heterocycles. The van der Waals surface area contributed by atoms with Crippen molar-refractivity contribution in [2.75, 3.05) is 39.5 Å². The summed E-state index contributed by atoms with van der Waals surface area (Å²) in [5, 5.41) is 3.06. The van der Waals surface area contributed by atoms with Gasteiger partial charge in [-0.1, -0.05) is 69.3 Å². The Morgan fingerprint density at radius 2 is 1.72 bits per heavy atom. The van der Waals surface area contributed by atoms with Gasteiger partial charge in [-0.05, 0) is 22.6 Å². The summed E-state index contributed by atoms with van der Waals surface area (Å²) in [6.07, 6.45) is 0. The lowest BCUT2D eigenvalue weighted by Crippen LogP contribution is -2.44. The highest BCUT2D eigenvalue weighted by Crippen LogP contribution is 2.30. The minimum Gasteiger partial charge on any atom is -0.483 e. The second-order valence-corrected chi connectivity index (χ2v) is 8.41. The summed E-state index contributed by atoms with van der Waals surface area (Å²) >= 11 is 0. The zero-order valence-electron chi connectivity index (χ0n) is 17.7. The van der Waals surface area contributed by atoms with Crippen LogP contribution < -0.4 is 10.1 Å². The van der Waals surface area contributed by atoms with Crippen LogP contribution in [0.1, 0.15) is 37.9 Å². The molecule has 0 aromatic heterocycles. The second-order valence-electron chi connectivity index (χ2n) is 8.41. The number of benzene rings is 2. The Hall–Kier alpha value is -2.37. The number of carbonyl (C=O) groups excluding carboxylic acids is 1. The molecule has 1 heterocycles. The largest absolute Gasteiger partial charge is 0.483 e. The normalized spacial score (nSPS) is 16.2. The van der Waals surface area contributed by atoms with Crippen molar-refractivity contribution in [1.29, 1.82) is 0 Å². The molecule has 156 valence electrons. The van der Waals surface area contributed by atoms with Gasteiger partial charge < -0.3 is 14.8 Å². The highest BCUT2D eigenvalue weighted by Gasteiger charge is 2.23. The first-order valence-electron chi connectivity index (χ1n) is 10.3.